The molecule has 0 aliphatic heterocycles. The Morgan fingerprint density at radius 2 is 2.18 bits per heavy atom. The number of amides is 1. The molecule has 4 heteroatoms. The van der Waals surface area contributed by atoms with Gasteiger partial charge in [0.1, 0.15) is 0 Å². The number of anilines is 1. The maximum atomic E-state index is 11.9. The molecule has 94 valence electrons. The van der Waals surface area contributed by atoms with Crippen molar-refractivity contribution in [3.05, 3.63) is 27.3 Å². The molecular formula is C13H19IN2O. The first-order valence-electron chi connectivity index (χ1n) is 5.78. The van der Waals surface area contributed by atoms with E-state index in [-0.39, 0.29) is 11.8 Å². The second kappa shape index (κ2) is 6.35. The highest BCUT2D eigenvalue weighted by Crippen LogP contribution is 2.18. The van der Waals surface area contributed by atoms with E-state index in [4.69, 9.17) is 5.73 Å². The van der Waals surface area contributed by atoms with Crippen molar-refractivity contribution in [3.8, 4) is 0 Å². The number of aryl methyl sites for hydroxylation is 1. The topological polar surface area (TPSA) is 55.1 Å². The Bertz CT molecular complexity index is 406. The maximum absolute atomic E-state index is 11.9. The van der Waals surface area contributed by atoms with E-state index in [1.807, 2.05) is 39.0 Å². The van der Waals surface area contributed by atoms with Crippen LogP contribution in [0.3, 0.4) is 0 Å². The highest BCUT2D eigenvalue weighted by atomic mass is 127. The van der Waals surface area contributed by atoms with Crippen molar-refractivity contribution in [2.45, 2.75) is 33.2 Å². The highest BCUT2D eigenvalue weighted by Gasteiger charge is 2.19. The molecule has 0 spiro atoms. The van der Waals surface area contributed by atoms with Gasteiger partial charge in [-0.3, -0.25) is 4.79 Å². The van der Waals surface area contributed by atoms with Crippen LogP contribution in [-0.2, 0) is 4.79 Å². The molecule has 0 saturated carbocycles. The molecule has 1 amide bonds. The molecule has 3 nitrogen and oxygen atoms in total. The summed E-state index contributed by atoms with van der Waals surface area (Å²) in [5.74, 6) is 0.0859. The zero-order chi connectivity index (χ0) is 13.0. The maximum Gasteiger partial charge on any atom is 0.241 e. The van der Waals surface area contributed by atoms with Crippen molar-refractivity contribution in [2.24, 2.45) is 11.7 Å². The Labute approximate surface area is 116 Å². The minimum absolute atomic E-state index is 0.108. The molecule has 1 unspecified atom stereocenters. The molecule has 0 aliphatic carbocycles. The zero-order valence-corrected chi connectivity index (χ0v) is 12.6. The van der Waals surface area contributed by atoms with Gasteiger partial charge >= 0.3 is 0 Å². The molecule has 0 aromatic heterocycles. The third-order valence-electron chi connectivity index (χ3n) is 3.01. The highest BCUT2D eigenvalue weighted by molar-refractivity contribution is 14.1. The molecule has 17 heavy (non-hydrogen) atoms. The van der Waals surface area contributed by atoms with Crippen LogP contribution in [0.25, 0.3) is 0 Å². The van der Waals surface area contributed by atoms with Crippen LogP contribution in [0.5, 0.6) is 0 Å². The predicted octanol–water partition coefficient (Wildman–Crippen LogP) is 2.91. The van der Waals surface area contributed by atoms with Gasteiger partial charge in [-0.15, -0.1) is 0 Å². The van der Waals surface area contributed by atoms with Gasteiger partial charge in [0.05, 0.1) is 6.04 Å². The first-order valence-corrected chi connectivity index (χ1v) is 6.86. The van der Waals surface area contributed by atoms with Crippen LogP contribution in [0, 0.1) is 16.4 Å². The summed E-state index contributed by atoms with van der Waals surface area (Å²) in [6.07, 6.45) is 0.903. The molecule has 1 aromatic carbocycles. The SMILES string of the molecule is CCC(C)[C@H](N)C(=O)Nc1ccc(I)cc1C. The standard InChI is InChI=1S/C13H19IN2O/c1-4-8(2)12(15)13(17)16-11-6-5-10(14)7-9(11)3/h5-8,12H,4,15H2,1-3H3,(H,16,17)/t8?,12-/m0/s1. The van der Waals surface area contributed by atoms with E-state index in [1.165, 1.54) is 0 Å². The molecule has 1 rings (SSSR count). The normalized spacial score (nSPS) is 14.2. The second-order valence-corrected chi connectivity index (χ2v) is 5.61. The molecule has 2 atom stereocenters. The molecule has 0 radical (unpaired) electrons. The van der Waals surface area contributed by atoms with Gasteiger partial charge in [0, 0.05) is 9.26 Å². The van der Waals surface area contributed by atoms with Crippen molar-refractivity contribution >= 4 is 34.2 Å². The van der Waals surface area contributed by atoms with Gasteiger partial charge in [-0.2, -0.15) is 0 Å². The molecule has 0 saturated heterocycles. The van der Waals surface area contributed by atoms with E-state index in [9.17, 15) is 4.79 Å². The number of nitrogens with two attached hydrogens (primary N) is 1. The van der Waals surface area contributed by atoms with Crippen molar-refractivity contribution in [2.75, 3.05) is 5.32 Å². The number of carbonyl (C=O) groups is 1. The predicted molar refractivity (Wildman–Crippen MR) is 80.0 cm³/mol. The molecule has 1 aromatic rings. The van der Waals surface area contributed by atoms with E-state index in [0.717, 1.165) is 21.2 Å². The Morgan fingerprint density at radius 3 is 2.71 bits per heavy atom. The van der Waals surface area contributed by atoms with Crippen LogP contribution in [0.15, 0.2) is 18.2 Å². The minimum atomic E-state index is -0.446. The molecular weight excluding hydrogens is 327 g/mol. The number of hydrogen-bond acceptors (Lipinski definition) is 2. The summed E-state index contributed by atoms with van der Waals surface area (Å²) in [6, 6.07) is 5.47. The summed E-state index contributed by atoms with van der Waals surface area (Å²) in [5, 5.41) is 2.89. The summed E-state index contributed by atoms with van der Waals surface area (Å²) in [5.41, 5.74) is 7.78. The molecule has 0 aliphatic rings. The van der Waals surface area contributed by atoms with Gasteiger partial charge in [-0.25, -0.2) is 0 Å². The average molecular weight is 346 g/mol. The van der Waals surface area contributed by atoms with Crippen molar-refractivity contribution < 1.29 is 4.79 Å². The summed E-state index contributed by atoms with van der Waals surface area (Å²) in [6.45, 7) is 6.01. The third kappa shape index (κ3) is 3.96. The number of benzene rings is 1. The number of rotatable bonds is 4. The first-order chi connectivity index (χ1) is 7.95. The quantitative estimate of drug-likeness (QED) is 0.824. The van der Waals surface area contributed by atoms with Gasteiger partial charge in [-0.1, -0.05) is 20.3 Å². The average Bonchev–Trinajstić information content (AvgIpc) is 2.30. The monoisotopic (exact) mass is 346 g/mol. The lowest BCUT2D eigenvalue weighted by molar-refractivity contribution is -0.118. The smallest absolute Gasteiger partial charge is 0.241 e. The fourth-order valence-corrected chi connectivity index (χ4v) is 2.14. The van der Waals surface area contributed by atoms with E-state index in [2.05, 4.69) is 27.9 Å². The lowest BCUT2D eigenvalue weighted by Crippen LogP contribution is -2.40. The number of hydrogen-bond donors (Lipinski definition) is 2. The number of carbonyl (C=O) groups excluding carboxylic acids is 1. The second-order valence-electron chi connectivity index (χ2n) is 4.36. The molecule has 0 heterocycles. The van der Waals surface area contributed by atoms with Crippen LogP contribution in [-0.4, -0.2) is 11.9 Å². The Kier molecular flexibility index (Phi) is 5.39. The van der Waals surface area contributed by atoms with Crippen LogP contribution < -0.4 is 11.1 Å². The van der Waals surface area contributed by atoms with E-state index < -0.39 is 6.04 Å². The van der Waals surface area contributed by atoms with Gasteiger partial charge in [0.25, 0.3) is 0 Å². The van der Waals surface area contributed by atoms with Crippen molar-refractivity contribution in [3.63, 3.8) is 0 Å². The number of nitrogens with one attached hydrogen (secondary N) is 1. The fourth-order valence-electron chi connectivity index (χ4n) is 1.50. The van der Waals surface area contributed by atoms with Crippen LogP contribution in [0.4, 0.5) is 5.69 Å². The minimum Gasteiger partial charge on any atom is -0.324 e. The van der Waals surface area contributed by atoms with Crippen LogP contribution in [0.2, 0.25) is 0 Å². The Balaban J connectivity index is 2.74. The first kappa shape index (κ1) is 14.4. The molecule has 3 N–H and O–H groups in total. The van der Waals surface area contributed by atoms with Gasteiger partial charge < -0.3 is 11.1 Å². The largest absolute Gasteiger partial charge is 0.324 e. The van der Waals surface area contributed by atoms with E-state index >= 15 is 0 Å². The van der Waals surface area contributed by atoms with Gasteiger partial charge in [-0.05, 0) is 59.2 Å². The summed E-state index contributed by atoms with van der Waals surface area (Å²) in [7, 11) is 0. The lowest BCUT2D eigenvalue weighted by atomic mass is 9.99. The molecule has 0 bridgehead atoms. The van der Waals surface area contributed by atoms with Gasteiger partial charge in [0.15, 0.2) is 0 Å². The zero-order valence-electron chi connectivity index (χ0n) is 10.5. The van der Waals surface area contributed by atoms with E-state index in [1.54, 1.807) is 0 Å². The summed E-state index contributed by atoms with van der Waals surface area (Å²) >= 11 is 2.25. The van der Waals surface area contributed by atoms with Gasteiger partial charge in [0.2, 0.25) is 5.91 Å². The van der Waals surface area contributed by atoms with Crippen LogP contribution in [0.1, 0.15) is 25.8 Å². The Morgan fingerprint density at radius 1 is 1.53 bits per heavy atom. The fraction of sp³-hybridized carbons (Fsp3) is 0.462. The van der Waals surface area contributed by atoms with E-state index in [0.29, 0.717) is 0 Å². The van der Waals surface area contributed by atoms with Crippen molar-refractivity contribution in [1.82, 2.24) is 0 Å². The number of halogens is 1. The Hall–Kier alpha value is -0.620. The third-order valence-corrected chi connectivity index (χ3v) is 3.68. The van der Waals surface area contributed by atoms with Crippen LogP contribution >= 0.6 is 22.6 Å². The molecule has 0 fully saturated rings. The summed E-state index contributed by atoms with van der Waals surface area (Å²) in [4.78, 5) is 11.9. The van der Waals surface area contributed by atoms with Crippen molar-refractivity contribution in [1.29, 1.82) is 0 Å². The summed E-state index contributed by atoms with van der Waals surface area (Å²) < 4.78 is 1.16. The lowest BCUT2D eigenvalue weighted by Gasteiger charge is -2.18.